The molecule has 0 aromatic heterocycles. The van der Waals surface area contributed by atoms with Gasteiger partial charge in [-0.3, -0.25) is 0 Å². The van der Waals surface area contributed by atoms with Crippen LogP contribution in [0.2, 0.25) is 0 Å². The van der Waals surface area contributed by atoms with Crippen molar-refractivity contribution >= 4 is 0 Å². The van der Waals surface area contributed by atoms with Gasteiger partial charge in [0.1, 0.15) is 12.6 Å². The Balaban J connectivity index is 1.68. The van der Waals surface area contributed by atoms with E-state index >= 15 is 0 Å². The third kappa shape index (κ3) is 6.60. The van der Waals surface area contributed by atoms with Crippen LogP contribution in [0.15, 0.2) is 30.3 Å². The molecule has 1 heterocycles. The van der Waals surface area contributed by atoms with E-state index < -0.39 is 6.10 Å². The van der Waals surface area contributed by atoms with E-state index in [-0.39, 0.29) is 11.1 Å². The van der Waals surface area contributed by atoms with Crippen molar-refractivity contribution in [2.75, 3.05) is 13.2 Å². The van der Waals surface area contributed by atoms with Gasteiger partial charge in [-0.25, -0.2) is 0 Å². The third-order valence-corrected chi connectivity index (χ3v) is 4.52. The van der Waals surface area contributed by atoms with Crippen molar-refractivity contribution in [2.45, 2.75) is 70.4 Å². The summed E-state index contributed by atoms with van der Waals surface area (Å²) in [4.78, 5) is 0. The van der Waals surface area contributed by atoms with E-state index in [0.717, 1.165) is 5.56 Å². The van der Waals surface area contributed by atoms with Crippen molar-refractivity contribution in [3.8, 4) is 0 Å². The summed E-state index contributed by atoms with van der Waals surface area (Å²) in [6.07, 6.45) is 1.94. The van der Waals surface area contributed by atoms with Crippen molar-refractivity contribution in [1.82, 2.24) is 0 Å². The van der Waals surface area contributed by atoms with E-state index in [0.29, 0.717) is 25.8 Å². The number of aliphatic hydroxyl groups is 1. The summed E-state index contributed by atoms with van der Waals surface area (Å²) in [7, 11) is 0. The van der Waals surface area contributed by atoms with Crippen LogP contribution >= 0.6 is 0 Å². The Morgan fingerprint density at radius 1 is 1.17 bits per heavy atom. The summed E-state index contributed by atoms with van der Waals surface area (Å²) in [6, 6.07) is 10.7. The Hall–Kier alpha value is -0.940. The van der Waals surface area contributed by atoms with Crippen molar-refractivity contribution in [2.24, 2.45) is 0 Å². The molecule has 130 valence electrons. The number of ether oxygens (including phenoxy) is 1. The predicted molar refractivity (Wildman–Crippen MR) is 92.0 cm³/mol. The molecule has 0 radical (unpaired) electrons. The highest BCUT2D eigenvalue weighted by atomic mass is 16.5. The van der Waals surface area contributed by atoms with Crippen molar-refractivity contribution in [1.29, 1.82) is 0 Å². The van der Waals surface area contributed by atoms with E-state index in [1.165, 1.54) is 12.8 Å². The molecule has 1 aliphatic rings. The number of hydrogen-bond donors (Lipinski definition) is 3. The lowest BCUT2D eigenvalue weighted by atomic mass is 9.79. The maximum Gasteiger partial charge on any atom is 0.126 e. The molecule has 0 unspecified atom stereocenters. The molecule has 0 amide bonds. The maximum absolute atomic E-state index is 10.2. The highest BCUT2D eigenvalue weighted by Crippen LogP contribution is 2.19. The quantitative estimate of drug-likeness (QED) is 0.681. The van der Waals surface area contributed by atoms with Gasteiger partial charge in [0.15, 0.2) is 0 Å². The first-order chi connectivity index (χ1) is 10.8. The second kappa shape index (κ2) is 7.75. The second-order valence-corrected chi connectivity index (χ2v) is 8.42. The number of piperidine rings is 1. The minimum absolute atomic E-state index is 0.275. The van der Waals surface area contributed by atoms with E-state index in [2.05, 4.69) is 38.3 Å². The lowest BCUT2D eigenvalue weighted by molar-refractivity contribution is -0.814. The first-order valence-corrected chi connectivity index (χ1v) is 8.76. The van der Waals surface area contributed by atoms with E-state index in [9.17, 15) is 5.11 Å². The molecule has 4 nitrogen and oxygen atoms in total. The van der Waals surface area contributed by atoms with Crippen LogP contribution in [-0.4, -0.2) is 41.5 Å². The Morgan fingerprint density at radius 3 is 2.39 bits per heavy atom. The largest absolute Gasteiger partial charge is 0.385 e. The van der Waals surface area contributed by atoms with Crippen LogP contribution in [0.3, 0.4) is 0 Å². The minimum Gasteiger partial charge on any atom is -0.385 e. The summed E-state index contributed by atoms with van der Waals surface area (Å²) < 4.78 is 5.63. The van der Waals surface area contributed by atoms with Gasteiger partial charge in [0.25, 0.3) is 0 Å². The van der Waals surface area contributed by atoms with Crippen LogP contribution in [0.25, 0.3) is 0 Å². The summed E-state index contributed by atoms with van der Waals surface area (Å²) in [5.74, 6) is 0. The molecule has 1 aromatic carbocycles. The van der Waals surface area contributed by atoms with Gasteiger partial charge >= 0.3 is 0 Å². The zero-order chi connectivity index (χ0) is 16.9. The van der Waals surface area contributed by atoms with Gasteiger partial charge in [-0.2, -0.15) is 0 Å². The lowest BCUT2D eigenvalue weighted by Crippen LogP contribution is -3.09. The van der Waals surface area contributed by atoms with Gasteiger partial charge in [-0.1, -0.05) is 30.3 Å². The standard InChI is InChI=1S/C19H32N2O2/c1-18(2)10-16(11-19(3,4)21-18)20-12-17(22)14-23-13-15-8-6-5-7-9-15/h5-9,16-17,20-22H,10-14H2,1-4H3/p+2/t17-/m0/s1. The molecule has 1 saturated heterocycles. The number of aliphatic hydroxyl groups excluding tert-OH is 1. The zero-order valence-corrected chi connectivity index (χ0v) is 15.1. The number of nitrogens with two attached hydrogens (primary N) is 2. The second-order valence-electron chi connectivity index (χ2n) is 8.42. The van der Waals surface area contributed by atoms with Crippen molar-refractivity contribution in [3.63, 3.8) is 0 Å². The SMILES string of the molecule is CC1(C)CC([NH2+]C[C@H](O)COCc2ccccc2)CC(C)(C)[NH2+]1. The number of quaternary nitrogens is 2. The van der Waals surface area contributed by atoms with Crippen LogP contribution < -0.4 is 10.6 Å². The van der Waals surface area contributed by atoms with Crippen molar-refractivity contribution < 1.29 is 20.5 Å². The molecule has 0 bridgehead atoms. The molecular formula is C19H34N2O2+2. The van der Waals surface area contributed by atoms with Gasteiger partial charge in [-0.05, 0) is 33.3 Å². The highest BCUT2D eigenvalue weighted by molar-refractivity contribution is 5.13. The molecule has 4 heteroatoms. The average molecular weight is 322 g/mol. The smallest absolute Gasteiger partial charge is 0.126 e. The van der Waals surface area contributed by atoms with E-state index in [1.54, 1.807) is 0 Å². The molecule has 2 rings (SSSR count). The Morgan fingerprint density at radius 2 is 1.78 bits per heavy atom. The molecule has 0 saturated carbocycles. The Kier molecular flexibility index (Phi) is 6.20. The van der Waals surface area contributed by atoms with Gasteiger partial charge in [0, 0.05) is 0 Å². The summed E-state index contributed by atoms with van der Waals surface area (Å²) >= 11 is 0. The topological polar surface area (TPSA) is 62.7 Å². The molecule has 1 aliphatic heterocycles. The van der Waals surface area contributed by atoms with Crippen LogP contribution in [0.4, 0.5) is 0 Å². The minimum atomic E-state index is -0.407. The van der Waals surface area contributed by atoms with Gasteiger partial charge in [-0.15, -0.1) is 0 Å². The fourth-order valence-corrected chi connectivity index (χ4v) is 4.07. The fourth-order valence-electron chi connectivity index (χ4n) is 4.07. The van der Waals surface area contributed by atoms with Gasteiger partial charge < -0.3 is 20.5 Å². The molecular weight excluding hydrogens is 288 g/mol. The maximum atomic E-state index is 10.2. The molecule has 5 N–H and O–H groups in total. The Bertz CT molecular complexity index is 458. The molecule has 23 heavy (non-hydrogen) atoms. The average Bonchev–Trinajstić information content (AvgIpc) is 2.43. The number of benzene rings is 1. The predicted octanol–water partition coefficient (Wildman–Crippen LogP) is 0.411. The molecule has 1 aromatic rings. The van der Waals surface area contributed by atoms with Gasteiger partial charge in [0.2, 0.25) is 0 Å². The number of hydrogen-bond acceptors (Lipinski definition) is 2. The summed E-state index contributed by atoms with van der Waals surface area (Å²) in [5, 5.41) is 15.0. The monoisotopic (exact) mass is 322 g/mol. The highest BCUT2D eigenvalue weighted by Gasteiger charge is 2.43. The molecule has 1 fully saturated rings. The first-order valence-electron chi connectivity index (χ1n) is 8.76. The van der Waals surface area contributed by atoms with Crippen LogP contribution in [0, 0.1) is 0 Å². The van der Waals surface area contributed by atoms with Crippen LogP contribution in [0.5, 0.6) is 0 Å². The normalized spacial score (nSPS) is 22.0. The zero-order valence-electron chi connectivity index (χ0n) is 15.1. The van der Waals surface area contributed by atoms with Crippen LogP contribution in [-0.2, 0) is 11.3 Å². The summed E-state index contributed by atoms with van der Waals surface area (Å²) in [6.45, 7) is 10.9. The lowest BCUT2D eigenvalue weighted by Gasteiger charge is -2.41. The fraction of sp³-hybridized carbons (Fsp3) is 0.684. The molecule has 0 aliphatic carbocycles. The third-order valence-electron chi connectivity index (χ3n) is 4.52. The number of rotatable bonds is 7. The van der Waals surface area contributed by atoms with Crippen LogP contribution in [0.1, 0.15) is 46.1 Å². The first kappa shape index (κ1) is 18.4. The van der Waals surface area contributed by atoms with E-state index in [1.807, 2.05) is 30.3 Å². The summed E-state index contributed by atoms with van der Waals surface area (Å²) in [5.41, 5.74) is 1.70. The Labute approximate surface area is 140 Å². The van der Waals surface area contributed by atoms with Gasteiger partial charge in [0.05, 0.1) is 43.2 Å². The van der Waals surface area contributed by atoms with Crippen molar-refractivity contribution in [3.05, 3.63) is 35.9 Å². The van der Waals surface area contributed by atoms with E-state index in [4.69, 9.17) is 4.74 Å². The molecule has 0 spiro atoms. The molecule has 1 atom stereocenters.